The highest BCUT2D eigenvalue weighted by Crippen LogP contribution is 2.16. The average molecular weight is 308 g/mol. The van der Waals surface area contributed by atoms with Crippen molar-refractivity contribution in [1.29, 1.82) is 0 Å². The molecule has 0 spiro atoms. The van der Waals surface area contributed by atoms with Crippen LogP contribution in [0.1, 0.15) is 26.3 Å². The number of amides is 1. The first-order chi connectivity index (χ1) is 9.85. The molecular weight excluding hydrogens is 288 g/mol. The molecule has 1 N–H and O–H groups in total. The first-order valence-electron chi connectivity index (χ1n) is 6.83. The Labute approximate surface area is 130 Å². The number of hydroxylamine groups is 2. The van der Waals surface area contributed by atoms with Crippen molar-refractivity contribution in [2.75, 3.05) is 6.54 Å². The van der Waals surface area contributed by atoms with Gasteiger partial charge in [0, 0.05) is 0 Å². The van der Waals surface area contributed by atoms with Crippen LogP contribution in [0.3, 0.4) is 0 Å². The van der Waals surface area contributed by atoms with E-state index in [1.807, 2.05) is 51.1 Å². The summed E-state index contributed by atoms with van der Waals surface area (Å²) >= 11 is 5.23. The van der Waals surface area contributed by atoms with Gasteiger partial charge in [0.25, 0.3) is 0 Å². The number of alkyl carbamates (subject to hydrolysis) is 1. The smallest absolute Gasteiger partial charge is 0.408 e. The first kappa shape index (κ1) is 15.7. The van der Waals surface area contributed by atoms with Crippen molar-refractivity contribution in [3.63, 3.8) is 0 Å². The summed E-state index contributed by atoms with van der Waals surface area (Å²) in [5.74, 6) is 0. The van der Waals surface area contributed by atoms with Crippen LogP contribution in [0.25, 0.3) is 0 Å². The molecule has 114 valence electrons. The quantitative estimate of drug-likeness (QED) is 0.867. The number of ether oxygens (including phenoxy) is 1. The van der Waals surface area contributed by atoms with Gasteiger partial charge in [0.15, 0.2) is 0 Å². The Morgan fingerprint density at radius 3 is 2.62 bits per heavy atom. The van der Waals surface area contributed by atoms with Gasteiger partial charge >= 0.3 is 6.09 Å². The summed E-state index contributed by atoms with van der Waals surface area (Å²) in [7, 11) is 0. The Hall–Kier alpha value is -1.66. The number of carbonyl (C=O) groups is 1. The molecule has 1 aliphatic heterocycles. The maximum atomic E-state index is 11.6. The molecule has 0 bridgehead atoms. The van der Waals surface area contributed by atoms with Crippen molar-refractivity contribution in [1.82, 2.24) is 10.4 Å². The summed E-state index contributed by atoms with van der Waals surface area (Å²) < 4.78 is 5.19. The van der Waals surface area contributed by atoms with E-state index >= 15 is 0 Å². The maximum absolute atomic E-state index is 11.6. The standard InChI is InChI=1S/C15H20N2O3S/c1-15(2,3)20-14(18)16-12-9-17(13(12)21)19-10-11-7-5-4-6-8-11/h4-8,12H,9-10H2,1-3H3,(H,16,18). The molecule has 1 amide bonds. The fraction of sp³-hybridized carbons (Fsp3) is 0.467. The highest BCUT2D eigenvalue weighted by Gasteiger charge is 2.36. The molecule has 2 rings (SSSR count). The molecule has 6 heteroatoms. The van der Waals surface area contributed by atoms with Crippen LogP contribution in [0.5, 0.6) is 0 Å². The van der Waals surface area contributed by atoms with E-state index in [4.69, 9.17) is 21.8 Å². The number of hydrogen-bond acceptors (Lipinski definition) is 4. The second kappa shape index (κ2) is 6.41. The van der Waals surface area contributed by atoms with Crippen LogP contribution in [0.15, 0.2) is 30.3 Å². The fourth-order valence-electron chi connectivity index (χ4n) is 1.80. The second-order valence-corrected chi connectivity index (χ2v) is 6.28. The van der Waals surface area contributed by atoms with E-state index in [0.29, 0.717) is 18.1 Å². The predicted octanol–water partition coefficient (Wildman–Crippen LogP) is 2.65. The van der Waals surface area contributed by atoms with Gasteiger partial charge in [-0.1, -0.05) is 42.5 Å². The van der Waals surface area contributed by atoms with Crippen LogP contribution in [0, 0.1) is 0 Å². The van der Waals surface area contributed by atoms with Crippen LogP contribution in [0.2, 0.25) is 0 Å². The van der Waals surface area contributed by atoms with Crippen LogP contribution in [-0.2, 0) is 16.2 Å². The lowest BCUT2D eigenvalue weighted by molar-refractivity contribution is -0.135. The summed E-state index contributed by atoms with van der Waals surface area (Å²) in [6.45, 7) is 6.45. The number of thiocarbonyl (C=S) groups is 1. The average Bonchev–Trinajstić information content (AvgIpc) is 2.40. The largest absolute Gasteiger partial charge is 0.444 e. The van der Waals surface area contributed by atoms with E-state index in [2.05, 4.69) is 5.32 Å². The molecule has 1 aliphatic rings. The Morgan fingerprint density at radius 2 is 2.05 bits per heavy atom. The van der Waals surface area contributed by atoms with Gasteiger partial charge in [-0.15, -0.1) is 0 Å². The van der Waals surface area contributed by atoms with Gasteiger partial charge in [0.2, 0.25) is 0 Å². The zero-order chi connectivity index (χ0) is 15.5. The summed E-state index contributed by atoms with van der Waals surface area (Å²) in [6, 6.07) is 9.64. The van der Waals surface area contributed by atoms with E-state index in [0.717, 1.165) is 5.56 Å². The molecule has 1 heterocycles. The third-order valence-electron chi connectivity index (χ3n) is 2.81. The van der Waals surface area contributed by atoms with Gasteiger partial charge in [-0.3, -0.25) is 4.84 Å². The Morgan fingerprint density at radius 1 is 1.38 bits per heavy atom. The number of rotatable bonds is 4. The lowest BCUT2D eigenvalue weighted by Crippen LogP contribution is -2.62. The molecule has 1 atom stereocenters. The van der Waals surface area contributed by atoms with Gasteiger partial charge in [-0.25, -0.2) is 9.86 Å². The van der Waals surface area contributed by atoms with Crippen molar-refractivity contribution < 1.29 is 14.4 Å². The molecule has 0 aliphatic carbocycles. The van der Waals surface area contributed by atoms with Crippen molar-refractivity contribution in [3.05, 3.63) is 35.9 Å². The lowest BCUT2D eigenvalue weighted by Gasteiger charge is -2.40. The van der Waals surface area contributed by atoms with Gasteiger partial charge in [-0.2, -0.15) is 0 Å². The Balaban J connectivity index is 1.72. The fourth-order valence-corrected chi connectivity index (χ4v) is 2.06. The van der Waals surface area contributed by atoms with Gasteiger partial charge < -0.3 is 10.1 Å². The minimum Gasteiger partial charge on any atom is -0.444 e. The van der Waals surface area contributed by atoms with Crippen LogP contribution >= 0.6 is 12.2 Å². The second-order valence-electron chi connectivity index (χ2n) is 5.86. The zero-order valence-electron chi connectivity index (χ0n) is 12.5. The minimum atomic E-state index is -0.515. The number of nitrogens with one attached hydrogen (secondary N) is 1. The molecule has 0 saturated carbocycles. The predicted molar refractivity (Wildman–Crippen MR) is 83.7 cm³/mol. The number of nitrogens with zero attached hydrogens (tertiary/aromatic N) is 1. The van der Waals surface area contributed by atoms with Crippen molar-refractivity contribution in [2.45, 2.75) is 39.0 Å². The summed E-state index contributed by atoms with van der Waals surface area (Å²) in [6.07, 6.45) is -0.461. The summed E-state index contributed by atoms with van der Waals surface area (Å²) in [4.78, 5) is 17.8. The first-order valence-corrected chi connectivity index (χ1v) is 7.24. The summed E-state index contributed by atoms with van der Waals surface area (Å²) in [5.41, 5.74) is 0.558. The Bertz CT molecular complexity index is 513. The highest BCUT2D eigenvalue weighted by atomic mass is 32.1. The van der Waals surface area contributed by atoms with Gasteiger partial charge in [0.05, 0.1) is 13.2 Å². The molecule has 1 aromatic carbocycles. The number of hydrogen-bond donors (Lipinski definition) is 1. The summed E-state index contributed by atoms with van der Waals surface area (Å²) in [5, 5.41) is 4.34. The molecule has 1 unspecified atom stereocenters. The highest BCUT2D eigenvalue weighted by molar-refractivity contribution is 7.80. The number of carbonyl (C=O) groups excluding carboxylic acids is 1. The SMILES string of the molecule is CC(C)(C)OC(=O)NC1CN(OCc2ccccc2)C1=S. The van der Waals surface area contributed by atoms with Crippen LogP contribution < -0.4 is 5.32 Å². The topological polar surface area (TPSA) is 50.8 Å². The molecule has 1 saturated heterocycles. The van der Waals surface area contributed by atoms with Crippen molar-refractivity contribution >= 4 is 23.3 Å². The molecule has 0 radical (unpaired) electrons. The normalized spacial score (nSPS) is 18.1. The lowest BCUT2D eigenvalue weighted by atomic mass is 10.1. The number of benzene rings is 1. The molecule has 5 nitrogen and oxygen atoms in total. The van der Waals surface area contributed by atoms with E-state index in [9.17, 15) is 4.79 Å². The van der Waals surface area contributed by atoms with Gasteiger partial charge in [0.1, 0.15) is 16.6 Å². The monoisotopic (exact) mass is 308 g/mol. The van der Waals surface area contributed by atoms with Crippen molar-refractivity contribution in [2.24, 2.45) is 0 Å². The van der Waals surface area contributed by atoms with E-state index in [-0.39, 0.29) is 6.04 Å². The zero-order valence-corrected chi connectivity index (χ0v) is 13.3. The molecule has 0 aromatic heterocycles. The third kappa shape index (κ3) is 4.68. The minimum absolute atomic E-state index is 0.203. The van der Waals surface area contributed by atoms with Crippen molar-refractivity contribution in [3.8, 4) is 0 Å². The van der Waals surface area contributed by atoms with E-state index in [1.165, 1.54) is 0 Å². The van der Waals surface area contributed by atoms with Crippen LogP contribution in [0.4, 0.5) is 4.79 Å². The maximum Gasteiger partial charge on any atom is 0.408 e. The van der Waals surface area contributed by atoms with E-state index in [1.54, 1.807) is 5.06 Å². The van der Waals surface area contributed by atoms with E-state index < -0.39 is 11.7 Å². The molecular formula is C15H20N2O3S. The molecule has 1 fully saturated rings. The van der Waals surface area contributed by atoms with Crippen LogP contribution in [-0.4, -0.2) is 34.3 Å². The third-order valence-corrected chi connectivity index (χ3v) is 3.30. The van der Waals surface area contributed by atoms with Gasteiger partial charge in [-0.05, 0) is 26.3 Å². The molecule has 1 aromatic rings. The Kier molecular flexibility index (Phi) is 4.80. The molecule has 21 heavy (non-hydrogen) atoms.